The first-order valence-corrected chi connectivity index (χ1v) is 5.90. The fourth-order valence-corrected chi connectivity index (χ4v) is 1.77. The second kappa shape index (κ2) is 5.39. The SMILES string of the molecule is Cc1ccc(OCc2ccc(Cl)cn2)c(Cl)c1. The van der Waals surface area contributed by atoms with E-state index in [0.29, 0.717) is 22.4 Å². The molecule has 0 aliphatic rings. The number of hydrogen-bond acceptors (Lipinski definition) is 2. The third-order valence-electron chi connectivity index (χ3n) is 2.25. The van der Waals surface area contributed by atoms with Crippen LogP contribution in [0.2, 0.25) is 10.0 Å². The predicted octanol–water partition coefficient (Wildman–Crippen LogP) is 4.28. The molecule has 0 aliphatic carbocycles. The van der Waals surface area contributed by atoms with Crippen molar-refractivity contribution in [3.8, 4) is 5.75 Å². The summed E-state index contributed by atoms with van der Waals surface area (Å²) in [5.41, 5.74) is 1.91. The number of nitrogens with zero attached hydrogens (tertiary/aromatic N) is 1. The van der Waals surface area contributed by atoms with Gasteiger partial charge in [-0.1, -0.05) is 29.3 Å². The Morgan fingerprint density at radius 3 is 2.65 bits per heavy atom. The fraction of sp³-hybridized carbons (Fsp3) is 0.154. The van der Waals surface area contributed by atoms with Crippen LogP contribution in [-0.4, -0.2) is 4.98 Å². The highest BCUT2D eigenvalue weighted by Crippen LogP contribution is 2.25. The molecular formula is C13H11Cl2NO. The monoisotopic (exact) mass is 267 g/mol. The molecule has 0 N–H and O–H groups in total. The summed E-state index contributed by atoms with van der Waals surface area (Å²) in [6, 6.07) is 9.28. The Labute approximate surface area is 110 Å². The molecule has 17 heavy (non-hydrogen) atoms. The Bertz CT molecular complexity index is 511. The largest absolute Gasteiger partial charge is 0.486 e. The molecule has 0 atom stereocenters. The van der Waals surface area contributed by atoms with E-state index in [4.69, 9.17) is 27.9 Å². The molecule has 1 heterocycles. The van der Waals surface area contributed by atoms with E-state index in [2.05, 4.69) is 4.98 Å². The number of aromatic nitrogens is 1. The molecule has 2 nitrogen and oxygen atoms in total. The lowest BCUT2D eigenvalue weighted by Gasteiger charge is -2.08. The number of aryl methyl sites for hydroxylation is 1. The van der Waals surface area contributed by atoms with Gasteiger partial charge < -0.3 is 4.74 Å². The van der Waals surface area contributed by atoms with Crippen molar-refractivity contribution in [1.82, 2.24) is 4.98 Å². The lowest BCUT2D eigenvalue weighted by molar-refractivity contribution is 0.301. The second-order valence-electron chi connectivity index (χ2n) is 3.69. The number of halogens is 2. The summed E-state index contributed by atoms with van der Waals surface area (Å²) in [6.07, 6.45) is 1.59. The Balaban J connectivity index is 2.04. The maximum Gasteiger partial charge on any atom is 0.138 e. The van der Waals surface area contributed by atoms with Crippen molar-refractivity contribution < 1.29 is 4.74 Å². The summed E-state index contributed by atoms with van der Waals surface area (Å²) in [5, 5.41) is 1.22. The molecule has 2 aromatic rings. The minimum atomic E-state index is 0.375. The van der Waals surface area contributed by atoms with Gasteiger partial charge in [0.2, 0.25) is 0 Å². The van der Waals surface area contributed by atoms with Crippen molar-refractivity contribution in [2.75, 3.05) is 0 Å². The van der Waals surface area contributed by atoms with E-state index >= 15 is 0 Å². The number of rotatable bonds is 3. The van der Waals surface area contributed by atoms with Crippen LogP contribution in [0.15, 0.2) is 36.5 Å². The highest BCUT2D eigenvalue weighted by molar-refractivity contribution is 6.32. The average Bonchev–Trinajstić information content (AvgIpc) is 2.30. The third kappa shape index (κ3) is 3.35. The average molecular weight is 268 g/mol. The van der Waals surface area contributed by atoms with E-state index in [1.54, 1.807) is 12.3 Å². The van der Waals surface area contributed by atoms with Gasteiger partial charge in [-0.05, 0) is 36.8 Å². The van der Waals surface area contributed by atoms with Gasteiger partial charge in [-0.25, -0.2) is 0 Å². The molecule has 0 radical (unpaired) electrons. The Kier molecular flexibility index (Phi) is 3.87. The van der Waals surface area contributed by atoms with E-state index in [1.807, 2.05) is 31.2 Å². The molecule has 1 aromatic heterocycles. The van der Waals surface area contributed by atoms with Crippen LogP contribution in [0, 0.1) is 6.92 Å². The third-order valence-corrected chi connectivity index (χ3v) is 2.77. The molecule has 0 spiro atoms. The Morgan fingerprint density at radius 2 is 2.00 bits per heavy atom. The van der Waals surface area contributed by atoms with Crippen molar-refractivity contribution >= 4 is 23.2 Å². The molecule has 4 heteroatoms. The van der Waals surface area contributed by atoms with E-state index in [-0.39, 0.29) is 0 Å². The Hall–Kier alpha value is -1.25. The quantitative estimate of drug-likeness (QED) is 0.829. The van der Waals surface area contributed by atoms with Crippen LogP contribution in [0.3, 0.4) is 0 Å². The van der Waals surface area contributed by atoms with Crippen molar-refractivity contribution in [2.45, 2.75) is 13.5 Å². The Morgan fingerprint density at radius 1 is 1.18 bits per heavy atom. The van der Waals surface area contributed by atoms with Crippen LogP contribution in [0.1, 0.15) is 11.3 Å². The summed E-state index contributed by atoms with van der Waals surface area (Å²) >= 11 is 11.8. The summed E-state index contributed by atoms with van der Waals surface area (Å²) in [7, 11) is 0. The van der Waals surface area contributed by atoms with Gasteiger partial charge in [-0.15, -0.1) is 0 Å². The van der Waals surface area contributed by atoms with Crippen molar-refractivity contribution in [3.05, 3.63) is 57.8 Å². The lowest BCUT2D eigenvalue weighted by atomic mass is 10.2. The minimum absolute atomic E-state index is 0.375. The molecule has 0 aliphatic heterocycles. The summed E-state index contributed by atoms with van der Waals surface area (Å²) in [6.45, 7) is 2.36. The van der Waals surface area contributed by atoms with Gasteiger partial charge in [0.1, 0.15) is 12.4 Å². The van der Waals surface area contributed by atoms with Crippen LogP contribution in [-0.2, 0) is 6.61 Å². The van der Waals surface area contributed by atoms with Gasteiger partial charge in [0.15, 0.2) is 0 Å². The van der Waals surface area contributed by atoms with Gasteiger partial charge >= 0.3 is 0 Å². The molecular weight excluding hydrogens is 257 g/mol. The van der Waals surface area contributed by atoms with Gasteiger partial charge in [-0.3, -0.25) is 4.98 Å². The van der Waals surface area contributed by atoms with Gasteiger partial charge in [0, 0.05) is 6.20 Å². The minimum Gasteiger partial charge on any atom is -0.486 e. The molecule has 0 saturated heterocycles. The standard InChI is InChI=1S/C13H11Cl2NO/c1-9-2-5-13(12(15)6-9)17-8-11-4-3-10(14)7-16-11/h2-7H,8H2,1H3. The van der Waals surface area contributed by atoms with E-state index < -0.39 is 0 Å². The van der Waals surface area contributed by atoms with Crippen molar-refractivity contribution in [3.63, 3.8) is 0 Å². The van der Waals surface area contributed by atoms with Crippen molar-refractivity contribution in [2.24, 2.45) is 0 Å². The molecule has 88 valence electrons. The summed E-state index contributed by atoms with van der Waals surface area (Å²) in [4.78, 5) is 4.14. The zero-order valence-corrected chi connectivity index (χ0v) is 10.8. The first-order chi connectivity index (χ1) is 8.15. The number of benzene rings is 1. The molecule has 0 fully saturated rings. The number of hydrogen-bond donors (Lipinski definition) is 0. The lowest BCUT2D eigenvalue weighted by Crippen LogP contribution is -1.98. The van der Waals surface area contributed by atoms with Crippen LogP contribution < -0.4 is 4.74 Å². The predicted molar refractivity (Wildman–Crippen MR) is 69.8 cm³/mol. The maximum absolute atomic E-state index is 6.05. The molecule has 2 rings (SSSR count). The normalized spacial score (nSPS) is 10.3. The molecule has 1 aromatic carbocycles. The topological polar surface area (TPSA) is 22.1 Å². The first-order valence-electron chi connectivity index (χ1n) is 5.14. The van der Waals surface area contributed by atoms with E-state index in [9.17, 15) is 0 Å². The second-order valence-corrected chi connectivity index (χ2v) is 4.53. The summed E-state index contributed by atoms with van der Waals surface area (Å²) in [5.74, 6) is 0.661. The molecule has 0 unspecified atom stereocenters. The number of ether oxygens (including phenoxy) is 1. The smallest absolute Gasteiger partial charge is 0.138 e. The van der Waals surface area contributed by atoms with Gasteiger partial charge in [-0.2, -0.15) is 0 Å². The van der Waals surface area contributed by atoms with E-state index in [1.165, 1.54) is 0 Å². The van der Waals surface area contributed by atoms with Crippen LogP contribution >= 0.6 is 23.2 Å². The van der Waals surface area contributed by atoms with Crippen molar-refractivity contribution in [1.29, 1.82) is 0 Å². The highest BCUT2D eigenvalue weighted by atomic mass is 35.5. The molecule has 0 saturated carbocycles. The van der Waals surface area contributed by atoms with Crippen LogP contribution in [0.4, 0.5) is 0 Å². The zero-order valence-electron chi connectivity index (χ0n) is 9.28. The van der Waals surface area contributed by atoms with Gasteiger partial charge in [0.25, 0.3) is 0 Å². The summed E-state index contributed by atoms with van der Waals surface area (Å²) < 4.78 is 5.58. The zero-order chi connectivity index (χ0) is 12.3. The van der Waals surface area contributed by atoms with E-state index in [0.717, 1.165) is 11.3 Å². The van der Waals surface area contributed by atoms with Crippen LogP contribution in [0.25, 0.3) is 0 Å². The van der Waals surface area contributed by atoms with Gasteiger partial charge in [0.05, 0.1) is 15.7 Å². The molecule has 0 amide bonds. The fourth-order valence-electron chi connectivity index (χ4n) is 1.37. The highest BCUT2D eigenvalue weighted by Gasteiger charge is 2.02. The van der Waals surface area contributed by atoms with Crippen LogP contribution in [0.5, 0.6) is 5.75 Å². The number of pyridine rings is 1. The maximum atomic E-state index is 6.05. The first kappa shape index (κ1) is 12.2. The molecule has 0 bridgehead atoms.